The largest absolute Gasteiger partial charge is 0.508 e. The lowest BCUT2D eigenvalue weighted by atomic mass is 10.0. The third-order valence-corrected chi connectivity index (χ3v) is 2.04. The maximum absolute atomic E-state index is 11.2. The van der Waals surface area contributed by atoms with Gasteiger partial charge in [0, 0.05) is 11.3 Å². The van der Waals surface area contributed by atoms with Gasteiger partial charge in [-0.05, 0) is 24.6 Å². The molecule has 0 aromatic heterocycles. The molecule has 3 N–H and O–H groups in total. The summed E-state index contributed by atoms with van der Waals surface area (Å²) in [5.74, 6) is -0.383. The van der Waals surface area contributed by atoms with Gasteiger partial charge in [0.1, 0.15) is 5.75 Å². The minimum Gasteiger partial charge on any atom is -0.508 e. The van der Waals surface area contributed by atoms with Crippen LogP contribution in [0.3, 0.4) is 0 Å². The zero-order chi connectivity index (χ0) is 10.0. The first-order valence-electron chi connectivity index (χ1n) is 3.74. The van der Waals surface area contributed by atoms with E-state index in [1.54, 1.807) is 6.92 Å². The van der Waals surface area contributed by atoms with Crippen molar-refractivity contribution in [3.8, 4) is 5.75 Å². The number of nitrogens with two attached hydrogens (primary N) is 1. The van der Waals surface area contributed by atoms with Crippen molar-refractivity contribution in [2.24, 2.45) is 0 Å². The maximum atomic E-state index is 11.2. The fraction of sp³-hybridized carbons (Fsp3) is 0.222. The standard InChI is InChI=1S/C9H10ClNO2/c1-5-2-6(12)3-7(9(5)11)8(13)4-10/h2-3,12H,4,11H2,1H3. The number of aromatic hydroxyl groups is 1. The van der Waals surface area contributed by atoms with E-state index in [-0.39, 0.29) is 23.0 Å². The lowest BCUT2D eigenvalue weighted by Crippen LogP contribution is -2.06. The van der Waals surface area contributed by atoms with Gasteiger partial charge in [0.25, 0.3) is 0 Å². The van der Waals surface area contributed by atoms with Crippen molar-refractivity contribution in [1.29, 1.82) is 0 Å². The van der Waals surface area contributed by atoms with Crippen molar-refractivity contribution >= 4 is 23.1 Å². The number of nitrogen functional groups attached to an aromatic ring is 1. The fourth-order valence-corrected chi connectivity index (χ4v) is 1.23. The first-order valence-corrected chi connectivity index (χ1v) is 4.28. The molecule has 0 atom stereocenters. The SMILES string of the molecule is Cc1cc(O)cc(C(=O)CCl)c1N. The Labute approximate surface area is 81.1 Å². The second kappa shape index (κ2) is 3.66. The van der Waals surface area contributed by atoms with Gasteiger partial charge in [-0.1, -0.05) is 0 Å². The van der Waals surface area contributed by atoms with Crippen LogP contribution < -0.4 is 5.73 Å². The third-order valence-electron chi connectivity index (χ3n) is 1.79. The van der Waals surface area contributed by atoms with Gasteiger partial charge in [-0.2, -0.15) is 0 Å². The number of aryl methyl sites for hydroxylation is 1. The number of phenolic OH excluding ortho intramolecular Hbond substituents is 1. The molecule has 0 amide bonds. The molecule has 1 rings (SSSR count). The van der Waals surface area contributed by atoms with Crippen LogP contribution in [0.15, 0.2) is 12.1 Å². The molecule has 0 heterocycles. The lowest BCUT2D eigenvalue weighted by Gasteiger charge is -2.06. The summed E-state index contributed by atoms with van der Waals surface area (Å²) in [6.07, 6.45) is 0. The number of hydrogen-bond acceptors (Lipinski definition) is 3. The molecule has 1 aromatic rings. The van der Waals surface area contributed by atoms with Crippen molar-refractivity contribution in [3.63, 3.8) is 0 Å². The quantitative estimate of drug-likeness (QED) is 0.330. The summed E-state index contributed by atoms with van der Waals surface area (Å²) in [6.45, 7) is 1.72. The normalized spacial score (nSPS) is 10.0. The van der Waals surface area contributed by atoms with E-state index in [1.165, 1.54) is 12.1 Å². The van der Waals surface area contributed by atoms with Crippen LogP contribution in [0.25, 0.3) is 0 Å². The summed E-state index contributed by atoms with van der Waals surface area (Å²) in [7, 11) is 0. The molecule has 0 aliphatic carbocycles. The Morgan fingerprint density at radius 1 is 1.62 bits per heavy atom. The van der Waals surface area contributed by atoms with Crippen molar-refractivity contribution in [1.82, 2.24) is 0 Å². The molecule has 13 heavy (non-hydrogen) atoms. The van der Waals surface area contributed by atoms with E-state index in [0.29, 0.717) is 11.3 Å². The van der Waals surface area contributed by atoms with E-state index in [4.69, 9.17) is 17.3 Å². The monoisotopic (exact) mass is 199 g/mol. The third kappa shape index (κ3) is 1.92. The summed E-state index contributed by atoms with van der Waals surface area (Å²) >= 11 is 5.38. The number of carbonyl (C=O) groups is 1. The fourth-order valence-electron chi connectivity index (χ4n) is 1.08. The average molecular weight is 200 g/mol. The van der Waals surface area contributed by atoms with Gasteiger partial charge in [0.2, 0.25) is 0 Å². The molecule has 0 bridgehead atoms. The Hall–Kier alpha value is -1.22. The van der Waals surface area contributed by atoms with Gasteiger partial charge >= 0.3 is 0 Å². The minimum atomic E-state index is -0.279. The molecule has 0 saturated heterocycles. The average Bonchev–Trinajstić information content (AvgIpc) is 2.10. The Kier molecular flexibility index (Phi) is 2.78. The van der Waals surface area contributed by atoms with Gasteiger partial charge in [0.05, 0.1) is 5.88 Å². The Morgan fingerprint density at radius 3 is 2.77 bits per heavy atom. The number of phenols is 1. The highest BCUT2D eigenvalue weighted by atomic mass is 35.5. The molecule has 0 saturated carbocycles. The van der Waals surface area contributed by atoms with Crippen molar-refractivity contribution in [2.75, 3.05) is 11.6 Å². The van der Waals surface area contributed by atoms with Crippen LogP contribution in [0.4, 0.5) is 5.69 Å². The number of carbonyl (C=O) groups excluding carboxylic acids is 1. The van der Waals surface area contributed by atoms with Gasteiger partial charge in [0.15, 0.2) is 5.78 Å². The van der Waals surface area contributed by atoms with E-state index in [0.717, 1.165) is 0 Å². The minimum absolute atomic E-state index is 0.0279. The second-order valence-corrected chi connectivity index (χ2v) is 3.05. The molecule has 0 aliphatic rings. The van der Waals surface area contributed by atoms with Gasteiger partial charge in [-0.25, -0.2) is 0 Å². The molecule has 1 aromatic carbocycles. The summed E-state index contributed by atoms with van der Waals surface area (Å²) in [6, 6.07) is 2.83. The maximum Gasteiger partial charge on any atom is 0.179 e. The predicted octanol–water partition coefficient (Wildman–Crippen LogP) is 1.70. The number of ketones is 1. The topological polar surface area (TPSA) is 63.3 Å². The highest BCUT2D eigenvalue weighted by Gasteiger charge is 2.11. The molecule has 4 heteroatoms. The van der Waals surface area contributed by atoms with Gasteiger partial charge < -0.3 is 10.8 Å². The van der Waals surface area contributed by atoms with Crippen LogP contribution in [0.5, 0.6) is 5.75 Å². The van der Waals surface area contributed by atoms with Crippen molar-refractivity contribution in [3.05, 3.63) is 23.3 Å². The molecule has 0 aliphatic heterocycles. The van der Waals surface area contributed by atoms with Crippen molar-refractivity contribution in [2.45, 2.75) is 6.92 Å². The van der Waals surface area contributed by atoms with Gasteiger partial charge in [-0.3, -0.25) is 4.79 Å². The molecule has 0 fully saturated rings. The molecule has 0 unspecified atom stereocenters. The van der Waals surface area contributed by atoms with Gasteiger partial charge in [-0.15, -0.1) is 11.6 Å². The van der Waals surface area contributed by atoms with Crippen LogP contribution in [0.1, 0.15) is 15.9 Å². The summed E-state index contributed by atoms with van der Waals surface area (Å²) in [5.41, 5.74) is 6.97. The Balaban J connectivity index is 3.28. The highest BCUT2D eigenvalue weighted by Crippen LogP contribution is 2.23. The van der Waals surface area contributed by atoms with E-state index >= 15 is 0 Å². The number of halogens is 1. The zero-order valence-electron chi connectivity index (χ0n) is 7.17. The van der Waals surface area contributed by atoms with E-state index in [9.17, 15) is 9.90 Å². The Bertz CT molecular complexity index is 350. The van der Waals surface area contributed by atoms with Crippen LogP contribution in [-0.4, -0.2) is 16.8 Å². The Morgan fingerprint density at radius 2 is 2.23 bits per heavy atom. The number of rotatable bonds is 2. The number of hydrogen-bond donors (Lipinski definition) is 2. The van der Waals surface area contributed by atoms with Crippen LogP contribution in [0, 0.1) is 6.92 Å². The van der Waals surface area contributed by atoms with E-state index < -0.39 is 0 Å². The molecule has 3 nitrogen and oxygen atoms in total. The number of Topliss-reactive ketones (excluding diaryl/α,β-unsaturated/α-hetero) is 1. The van der Waals surface area contributed by atoms with E-state index in [1.807, 2.05) is 0 Å². The summed E-state index contributed by atoms with van der Waals surface area (Å²) in [5, 5.41) is 9.21. The second-order valence-electron chi connectivity index (χ2n) is 2.78. The summed E-state index contributed by atoms with van der Waals surface area (Å²) < 4.78 is 0. The molecule has 70 valence electrons. The van der Waals surface area contributed by atoms with E-state index in [2.05, 4.69) is 0 Å². The number of benzene rings is 1. The first-order chi connectivity index (χ1) is 6.06. The summed E-state index contributed by atoms with van der Waals surface area (Å²) in [4.78, 5) is 11.2. The number of anilines is 1. The molecular formula is C9H10ClNO2. The van der Waals surface area contributed by atoms with Crippen LogP contribution >= 0.6 is 11.6 Å². The van der Waals surface area contributed by atoms with Crippen molar-refractivity contribution < 1.29 is 9.90 Å². The molecule has 0 spiro atoms. The zero-order valence-corrected chi connectivity index (χ0v) is 7.93. The van der Waals surface area contributed by atoms with Crippen LogP contribution in [0.2, 0.25) is 0 Å². The lowest BCUT2D eigenvalue weighted by molar-refractivity contribution is 0.102. The predicted molar refractivity (Wildman–Crippen MR) is 52.3 cm³/mol. The van der Waals surface area contributed by atoms with Crippen LogP contribution in [-0.2, 0) is 0 Å². The smallest absolute Gasteiger partial charge is 0.179 e. The number of alkyl halides is 1. The molecular weight excluding hydrogens is 190 g/mol. The molecule has 0 radical (unpaired) electrons. The highest BCUT2D eigenvalue weighted by molar-refractivity contribution is 6.31. The first kappa shape index (κ1) is 9.86.